The van der Waals surface area contributed by atoms with Crippen molar-refractivity contribution in [3.63, 3.8) is 0 Å². The zero-order chi connectivity index (χ0) is 22.1. The molecule has 0 radical (unpaired) electrons. The van der Waals surface area contributed by atoms with Crippen LogP contribution in [-0.4, -0.2) is 35.2 Å². The fourth-order valence-corrected chi connectivity index (χ4v) is 3.59. The van der Waals surface area contributed by atoms with Gasteiger partial charge in [0.15, 0.2) is 0 Å². The number of hydrogen-bond acceptors (Lipinski definition) is 7. The number of hydrogen-bond donors (Lipinski definition) is 1. The molecule has 8 heteroatoms. The van der Waals surface area contributed by atoms with E-state index in [9.17, 15) is 14.4 Å². The number of ether oxygens (including phenoxy) is 2. The van der Waals surface area contributed by atoms with Crippen molar-refractivity contribution >= 4 is 39.4 Å². The Hall–Kier alpha value is -4.20. The lowest BCUT2D eigenvalue weighted by molar-refractivity contribution is 0.0527. The molecule has 2 N–H and O–H groups in total. The molecule has 2 aromatic carbocycles. The number of nitrogens with zero attached hydrogens (tertiary/aromatic N) is 2. The standard InChI is InChI=1S/C23H19N3O5/c1-3-31-23(29)18-16-12-14(22(28)30-2)9-10-15(16)21(27)26(20(18)24)17-8-4-6-13-7-5-11-25-19(13)17/h4-12H,3,24H2,1-2H3. The maximum absolute atomic E-state index is 13.5. The first-order chi connectivity index (χ1) is 15.0. The van der Waals surface area contributed by atoms with Crippen molar-refractivity contribution in [2.24, 2.45) is 0 Å². The number of benzene rings is 2. The summed E-state index contributed by atoms with van der Waals surface area (Å²) in [4.78, 5) is 42.7. The molecule has 0 amide bonds. The van der Waals surface area contributed by atoms with E-state index in [-0.39, 0.29) is 34.3 Å². The van der Waals surface area contributed by atoms with Crippen LogP contribution in [-0.2, 0) is 9.47 Å². The summed E-state index contributed by atoms with van der Waals surface area (Å²) in [5.41, 5.74) is 7.10. The summed E-state index contributed by atoms with van der Waals surface area (Å²) < 4.78 is 11.2. The summed E-state index contributed by atoms with van der Waals surface area (Å²) in [6.07, 6.45) is 1.61. The van der Waals surface area contributed by atoms with E-state index in [2.05, 4.69) is 4.98 Å². The van der Waals surface area contributed by atoms with Crippen LogP contribution < -0.4 is 11.3 Å². The summed E-state index contributed by atoms with van der Waals surface area (Å²) in [5.74, 6) is -1.40. The van der Waals surface area contributed by atoms with Gasteiger partial charge in [0.25, 0.3) is 5.56 Å². The normalized spacial score (nSPS) is 10.9. The van der Waals surface area contributed by atoms with Gasteiger partial charge < -0.3 is 15.2 Å². The van der Waals surface area contributed by atoms with Crippen LogP contribution in [0.1, 0.15) is 27.6 Å². The van der Waals surface area contributed by atoms with Gasteiger partial charge in [0, 0.05) is 22.4 Å². The predicted octanol–water partition coefficient (Wildman–Crippen LogP) is 3.08. The minimum atomic E-state index is -0.700. The largest absolute Gasteiger partial charge is 0.465 e. The Labute approximate surface area is 176 Å². The van der Waals surface area contributed by atoms with Crippen LogP contribution in [0.5, 0.6) is 0 Å². The molecular formula is C23H19N3O5. The van der Waals surface area contributed by atoms with Crippen LogP contribution in [0.2, 0.25) is 0 Å². The van der Waals surface area contributed by atoms with Crippen LogP contribution in [0, 0.1) is 0 Å². The second kappa shape index (κ2) is 7.91. The van der Waals surface area contributed by atoms with Crippen LogP contribution in [0.25, 0.3) is 27.4 Å². The maximum atomic E-state index is 13.5. The summed E-state index contributed by atoms with van der Waals surface area (Å²) in [7, 11) is 1.25. The first-order valence-corrected chi connectivity index (χ1v) is 9.55. The number of aromatic nitrogens is 2. The maximum Gasteiger partial charge on any atom is 0.342 e. The van der Waals surface area contributed by atoms with E-state index in [1.165, 1.54) is 29.9 Å². The molecular weight excluding hydrogens is 398 g/mol. The first-order valence-electron chi connectivity index (χ1n) is 9.55. The number of rotatable bonds is 4. The molecule has 4 aromatic rings. The van der Waals surface area contributed by atoms with Gasteiger partial charge in [-0.3, -0.25) is 14.3 Å². The number of fused-ring (bicyclic) bond motifs is 2. The SMILES string of the molecule is CCOC(=O)c1c(N)n(-c2cccc3cccnc23)c(=O)c2ccc(C(=O)OC)cc12. The Morgan fingerprint density at radius 1 is 1.06 bits per heavy atom. The van der Waals surface area contributed by atoms with E-state index in [1.807, 2.05) is 12.1 Å². The summed E-state index contributed by atoms with van der Waals surface area (Å²) in [6.45, 7) is 1.78. The minimum absolute atomic E-state index is 0.00450. The highest BCUT2D eigenvalue weighted by molar-refractivity contribution is 6.10. The molecule has 0 aliphatic heterocycles. The molecule has 0 spiro atoms. The van der Waals surface area contributed by atoms with Crippen molar-refractivity contribution in [3.8, 4) is 5.69 Å². The Morgan fingerprint density at radius 2 is 1.84 bits per heavy atom. The highest BCUT2D eigenvalue weighted by Gasteiger charge is 2.24. The van der Waals surface area contributed by atoms with E-state index in [0.717, 1.165) is 5.39 Å². The molecule has 31 heavy (non-hydrogen) atoms. The highest BCUT2D eigenvalue weighted by atomic mass is 16.5. The van der Waals surface area contributed by atoms with Crippen LogP contribution in [0.15, 0.2) is 59.5 Å². The number of methoxy groups -OCH3 is 1. The van der Waals surface area contributed by atoms with E-state index in [4.69, 9.17) is 15.2 Å². The fraction of sp³-hybridized carbons (Fsp3) is 0.130. The minimum Gasteiger partial charge on any atom is -0.465 e. The van der Waals surface area contributed by atoms with E-state index in [0.29, 0.717) is 11.2 Å². The lowest BCUT2D eigenvalue weighted by Crippen LogP contribution is -2.26. The molecule has 156 valence electrons. The molecule has 2 aromatic heterocycles. The predicted molar refractivity (Wildman–Crippen MR) is 117 cm³/mol. The molecule has 0 aliphatic carbocycles. The Kier molecular flexibility index (Phi) is 5.12. The van der Waals surface area contributed by atoms with Crippen LogP contribution in [0.3, 0.4) is 0 Å². The van der Waals surface area contributed by atoms with E-state index < -0.39 is 17.5 Å². The van der Waals surface area contributed by atoms with Crippen molar-refractivity contribution < 1.29 is 19.1 Å². The van der Waals surface area contributed by atoms with Gasteiger partial charge >= 0.3 is 11.9 Å². The van der Waals surface area contributed by atoms with Gasteiger partial charge in [0.1, 0.15) is 11.4 Å². The van der Waals surface area contributed by atoms with E-state index >= 15 is 0 Å². The monoisotopic (exact) mass is 417 g/mol. The zero-order valence-corrected chi connectivity index (χ0v) is 16.9. The second-order valence-corrected chi connectivity index (χ2v) is 6.73. The number of anilines is 1. The number of carbonyl (C=O) groups is 2. The van der Waals surface area contributed by atoms with Crippen molar-refractivity contribution in [2.45, 2.75) is 6.92 Å². The average molecular weight is 417 g/mol. The molecule has 0 fully saturated rings. The third-order valence-corrected chi connectivity index (χ3v) is 4.97. The fourth-order valence-electron chi connectivity index (χ4n) is 3.59. The second-order valence-electron chi connectivity index (χ2n) is 6.73. The van der Waals surface area contributed by atoms with Crippen molar-refractivity contribution in [1.29, 1.82) is 0 Å². The van der Waals surface area contributed by atoms with E-state index in [1.54, 1.807) is 31.3 Å². The molecule has 4 rings (SSSR count). The Morgan fingerprint density at radius 3 is 2.58 bits per heavy atom. The number of para-hydroxylation sites is 1. The summed E-state index contributed by atoms with van der Waals surface area (Å²) >= 11 is 0. The van der Waals surface area contributed by atoms with Gasteiger partial charge in [0.2, 0.25) is 0 Å². The average Bonchev–Trinajstić information content (AvgIpc) is 2.78. The Balaban J connectivity index is 2.14. The third-order valence-electron chi connectivity index (χ3n) is 4.97. The molecule has 0 atom stereocenters. The highest BCUT2D eigenvalue weighted by Crippen LogP contribution is 2.28. The number of pyridine rings is 2. The molecule has 0 bridgehead atoms. The van der Waals surface area contributed by atoms with Crippen molar-refractivity contribution in [3.05, 3.63) is 76.2 Å². The molecule has 0 saturated carbocycles. The number of nitrogens with two attached hydrogens (primary N) is 1. The van der Waals surface area contributed by atoms with Gasteiger partial charge in [-0.25, -0.2) is 9.59 Å². The number of nitrogen functional groups attached to an aromatic ring is 1. The van der Waals surface area contributed by atoms with Crippen molar-refractivity contribution in [2.75, 3.05) is 19.5 Å². The molecule has 2 heterocycles. The quantitative estimate of drug-likeness (QED) is 0.508. The number of esters is 2. The smallest absolute Gasteiger partial charge is 0.342 e. The topological polar surface area (TPSA) is 114 Å². The lowest BCUT2D eigenvalue weighted by Gasteiger charge is -2.17. The molecule has 0 unspecified atom stereocenters. The lowest BCUT2D eigenvalue weighted by atomic mass is 10.0. The molecule has 0 aliphatic rings. The zero-order valence-electron chi connectivity index (χ0n) is 16.9. The third kappa shape index (κ3) is 3.28. The van der Waals surface area contributed by atoms with Crippen LogP contribution in [0.4, 0.5) is 5.82 Å². The summed E-state index contributed by atoms with van der Waals surface area (Å²) in [5, 5.41) is 1.23. The van der Waals surface area contributed by atoms with Crippen LogP contribution >= 0.6 is 0 Å². The van der Waals surface area contributed by atoms with Crippen molar-refractivity contribution in [1.82, 2.24) is 9.55 Å². The van der Waals surface area contributed by atoms with Gasteiger partial charge in [-0.15, -0.1) is 0 Å². The molecule has 8 nitrogen and oxygen atoms in total. The molecule has 0 saturated heterocycles. The van der Waals surface area contributed by atoms with Gasteiger partial charge in [-0.2, -0.15) is 0 Å². The number of carbonyl (C=O) groups excluding carboxylic acids is 2. The van der Waals surface area contributed by atoms with Gasteiger partial charge in [0.05, 0.1) is 30.5 Å². The van der Waals surface area contributed by atoms with Gasteiger partial charge in [-0.1, -0.05) is 18.2 Å². The Bertz CT molecular complexity index is 1400. The summed E-state index contributed by atoms with van der Waals surface area (Å²) in [6, 6.07) is 13.4. The van der Waals surface area contributed by atoms with Gasteiger partial charge in [-0.05, 0) is 37.3 Å². The first kappa shape index (κ1) is 20.1.